The maximum atomic E-state index is 12.0. The van der Waals surface area contributed by atoms with Crippen molar-refractivity contribution >= 4 is 35.2 Å². The zero-order valence-corrected chi connectivity index (χ0v) is 15.6. The summed E-state index contributed by atoms with van der Waals surface area (Å²) in [6.07, 6.45) is 2.45. The molecular formula is C16H21N3O6S. The number of hydrogen-bond acceptors (Lipinski definition) is 7. The van der Waals surface area contributed by atoms with Gasteiger partial charge in [-0.3, -0.25) is 19.7 Å². The lowest BCUT2D eigenvalue weighted by molar-refractivity contribution is -0.387. The van der Waals surface area contributed by atoms with Gasteiger partial charge in [0.15, 0.2) is 6.61 Å². The Balaban J connectivity index is 2.61. The molecule has 0 heterocycles. The third-order valence-corrected chi connectivity index (χ3v) is 4.05. The lowest BCUT2D eigenvalue weighted by atomic mass is 10.2. The Hall–Kier alpha value is -2.62. The number of nitrogens with zero attached hydrogens (tertiary/aromatic N) is 1. The second-order valence-corrected chi connectivity index (χ2v) is 6.15. The van der Waals surface area contributed by atoms with Crippen LogP contribution in [0.1, 0.15) is 30.6 Å². The molecular weight excluding hydrogens is 362 g/mol. The summed E-state index contributed by atoms with van der Waals surface area (Å²) in [5, 5.41) is 16.1. The maximum absolute atomic E-state index is 12.0. The second-order valence-electron chi connectivity index (χ2n) is 5.30. The Bertz CT molecular complexity index is 695. The molecule has 0 spiro atoms. The smallest absolute Gasteiger partial charge is 0.338 e. The topological polar surface area (TPSA) is 128 Å². The number of nitro benzene ring substituents is 1. The van der Waals surface area contributed by atoms with Gasteiger partial charge in [0.25, 0.3) is 11.6 Å². The lowest BCUT2D eigenvalue weighted by Crippen LogP contribution is -2.46. The van der Waals surface area contributed by atoms with E-state index in [-0.39, 0.29) is 17.2 Å². The number of benzene rings is 1. The fraction of sp³-hybridized carbons (Fsp3) is 0.438. The van der Waals surface area contributed by atoms with Crippen LogP contribution in [0.2, 0.25) is 0 Å². The molecule has 10 heteroatoms. The Morgan fingerprint density at radius 2 is 2.04 bits per heavy atom. The van der Waals surface area contributed by atoms with Crippen LogP contribution in [0.15, 0.2) is 23.1 Å². The average Bonchev–Trinajstić information content (AvgIpc) is 2.63. The first kappa shape index (κ1) is 21.4. The molecule has 1 aromatic carbocycles. The zero-order valence-electron chi connectivity index (χ0n) is 14.7. The molecule has 2 amide bonds. The maximum Gasteiger partial charge on any atom is 0.338 e. The summed E-state index contributed by atoms with van der Waals surface area (Å²) in [4.78, 5) is 46.2. The molecule has 2 N–H and O–H groups in total. The Morgan fingerprint density at radius 3 is 2.62 bits per heavy atom. The predicted octanol–water partition coefficient (Wildman–Crippen LogP) is 1.50. The van der Waals surface area contributed by atoms with Crippen molar-refractivity contribution in [1.82, 2.24) is 10.6 Å². The number of nitro groups is 1. The van der Waals surface area contributed by atoms with Gasteiger partial charge in [0.05, 0.1) is 15.4 Å². The van der Waals surface area contributed by atoms with Crippen LogP contribution in [0.3, 0.4) is 0 Å². The molecule has 0 aliphatic heterocycles. The van der Waals surface area contributed by atoms with Gasteiger partial charge in [-0.15, -0.1) is 11.8 Å². The quantitative estimate of drug-likeness (QED) is 0.286. The van der Waals surface area contributed by atoms with E-state index < -0.39 is 29.4 Å². The normalized spacial score (nSPS) is 11.3. The predicted molar refractivity (Wildman–Crippen MR) is 96.1 cm³/mol. The van der Waals surface area contributed by atoms with E-state index in [0.29, 0.717) is 11.4 Å². The van der Waals surface area contributed by atoms with E-state index in [2.05, 4.69) is 10.6 Å². The Morgan fingerprint density at radius 1 is 1.35 bits per heavy atom. The van der Waals surface area contributed by atoms with Crippen LogP contribution in [0.5, 0.6) is 0 Å². The van der Waals surface area contributed by atoms with Crippen LogP contribution >= 0.6 is 11.8 Å². The van der Waals surface area contributed by atoms with Gasteiger partial charge in [0.1, 0.15) is 6.04 Å². The molecule has 1 atom stereocenters. The molecule has 0 bridgehead atoms. The zero-order chi connectivity index (χ0) is 19.7. The minimum absolute atomic E-state index is 0.0314. The third kappa shape index (κ3) is 6.36. The Labute approximate surface area is 155 Å². The number of carbonyl (C=O) groups excluding carboxylic acids is 3. The van der Waals surface area contributed by atoms with Crippen LogP contribution in [0, 0.1) is 10.1 Å². The summed E-state index contributed by atoms with van der Waals surface area (Å²) in [5.74, 6) is -1.85. The van der Waals surface area contributed by atoms with Gasteiger partial charge in [-0.1, -0.05) is 6.92 Å². The first-order valence-corrected chi connectivity index (χ1v) is 9.09. The molecule has 0 radical (unpaired) electrons. The third-order valence-electron chi connectivity index (χ3n) is 3.27. The van der Waals surface area contributed by atoms with E-state index in [0.717, 1.165) is 12.5 Å². The van der Waals surface area contributed by atoms with Gasteiger partial charge >= 0.3 is 5.97 Å². The van der Waals surface area contributed by atoms with Crippen molar-refractivity contribution in [1.29, 1.82) is 0 Å². The fourth-order valence-electron chi connectivity index (χ4n) is 1.92. The van der Waals surface area contributed by atoms with E-state index in [1.165, 1.54) is 30.8 Å². The van der Waals surface area contributed by atoms with Crippen LogP contribution in [0.4, 0.5) is 5.69 Å². The number of carbonyl (C=O) groups is 3. The number of rotatable bonds is 9. The van der Waals surface area contributed by atoms with Crippen LogP contribution in [0.25, 0.3) is 0 Å². The standard InChI is InChI=1S/C16H21N3O6S/c1-4-7-17-15(21)10(2)18-14(20)9-25-16(22)11-5-6-13(26-3)12(8-11)19(23)24/h5-6,8,10H,4,7,9H2,1-3H3,(H,17,21)(H,18,20)/t10-/m1/s1. The molecule has 142 valence electrons. The van der Waals surface area contributed by atoms with E-state index in [9.17, 15) is 24.5 Å². The number of ether oxygens (including phenoxy) is 1. The highest BCUT2D eigenvalue weighted by atomic mass is 32.2. The van der Waals surface area contributed by atoms with E-state index in [1.54, 1.807) is 6.26 Å². The van der Waals surface area contributed by atoms with Crippen molar-refractivity contribution in [2.45, 2.75) is 31.2 Å². The molecule has 1 rings (SSSR count). The summed E-state index contributed by atoms with van der Waals surface area (Å²) in [7, 11) is 0. The monoisotopic (exact) mass is 383 g/mol. The first-order chi connectivity index (χ1) is 12.3. The van der Waals surface area contributed by atoms with Crippen molar-refractivity contribution in [3.05, 3.63) is 33.9 Å². The van der Waals surface area contributed by atoms with Gasteiger partial charge in [-0.05, 0) is 31.7 Å². The SMILES string of the molecule is CCCNC(=O)[C@@H](C)NC(=O)COC(=O)c1ccc(SC)c([N+](=O)[O-])c1. The van der Waals surface area contributed by atoms with Crippen molar-refractivity contribution < 1.29 is 24.0 Å². The average molecular weight is 383 g/mol. The van der Waals surface area contributed by atoms with Crippen LogP contribution in [-0.4, -0.2) is 48.2 Å². The number of thioether (sulfide) groups is 1. The van der Waals surface area contributed by atoms with E-state index in [1.807, 2.05) is 6.92 Å². The van der Waals surface area contributed by atoms with Gasteiger partial charge in [-0.25, -0.2) is 4.79 Å². The Kier molecular flexibility index (Phi) is 8.56. The van der Waals surface area contributed by atoms with Crippen molar-refractivity contribution in [2.24, 2.45) is 0 Å². The summed E-state index contributed by atoms with van der Waals surface area (Å²) in [6, 6.07) is 3.17. The molecule has 0 unspecified atom stereocenters. The molecule has 0 aliphatic carbocycles. The molecule has 0 fully saturated rings. The molecule has 0 aliphatic rings. The van der Waals surface area contributed by atoms with Crippen LogP contribution in [-0.2, 0) is 14.3 Å². The van der Waals surface area contributed by atoms with Gasteiger partial charge in [0, 0.05) is 12.6 Å². The lowest BCUT2D eigenvalue weighted by Gasteiger charge is -2.13. The summed E-state index contributed by atoms with van der Waals surface area (Å²) >= 11 is 1.18. The number of esters is 1. The number of hydrogen-bond donors (Lipinski definition) is 2. The number of amides is 2. The minimum atomic E-state index is -0.862. The van der Waals surface area contributed by atoms with E-state index >= 15 is 0 Å². The summed E-state index contributed by atoms with van der Waals surface area (Å²) in [5.41, 5.74) is -0.242. The molecule has 26 heavy (non-hydrogen) atoms. The van der Waals surface area contributed by atoms with E-state index in [4.69, 9.17) is 4.74 Å². The summed E-state index contributed by atoms with van der Waals surface area (Å²) < 4.78 is 4.85. The van der Waals surface area contributed by atoms with Gasteiger partial charge < -0.3 is 15.4 Å². The van der Waals surface area contributed by atoms with Crippen LogP contribution < -0.4 is 10.6 Å². The van der Waals surface area contributed by atoms with Gasteiger partial charge in [-0.2, -0.15) is 0 Å². The van der Waals surface area contributed by atoms with Crippen molar-refractivity contribution in [2.75, 3.05) is 19.4 Å². The first-order valence-electron chi connectivity index (χ1n) is 7.86. The minimum Gasteiger partial charge on any atom is -0.452 e. The molecule has 0 saturated carbocycles. The highest BCUT2D eigenvalue weighted by Gasteiger charge is 2.20. The number of nitrogens with one attached hydrogen (secondary N) is 2. The van der Waals surface area contributed by atoms with Gasteiger partial charge in [0.2, 0.25) is 5.91 Å². The second kappa shape index (κ2) is 10.4. The molecule has 9 nitrogen and oxygen atoms in total. The highest BCUT2D eigenvalue weighted by Crippen LogP contribution is 2.28. The highest BCUT2D eigenvalue weighted by molar-refractivity contribution is 7.98. The molecule has 0 saturated heterocycles. The largest absolute Gasteiger partial charge is 0.452 e. The summed E-state index contributed by atoms with van der Waals surface area (Å²) in [6.45, 7) is 3.31. The van der Waals surface area contributed by atoms with Crippen molar-refractivity contribution in [3.8, 4) is 0 Å². The van der Waals surface area contributed by atoms with Crippen molar-refractivity contribution in [3.63, 3.8) is 0 Å². The molecule has 0 aromatic heterocycles. The fourth-order valence-corrected chi connectivity index (χ4v) is 2.47. The molecule has 1 aromatic rings.